The van der Waals surface area contributed by atoms with Crippen LogP contribution in [0.3, 0.4) is 0 Å². The fraction of sp³-hybridized carbons (Fsp3) is 0.154. The van der Waals surface area contributed by atoms with Gasteiger partial charge in [-0.15, -0.1) is 0 Å². The van der Waals surface area contributed by atoms with Crippen molar-refractivity contribution in [1.29, 1.82) is 0 Å². The molecule has 1 aromatic rings. The van der Waals surface area contributed by atoms with Crippen molar-refractivity contribution in [1.82, 2.24) is 0 Å². The number of hydrogen-bond acceptors (Lipinski definition) is 3. The minimum absolute atomic E-state index is 0.139. The molecule has 0 amide bonds. The van der Waals surface area contributed by atoms with E-state index >= 15 is 0 Å². The van der Waals surface area contributed by atoms with Gasteiger partial charge in [0, 0.05) is 17.7 Å². The van der Waals surface area contributed by atoms with E-state index in [0.717, 1.165) is 11.1 Å². The summed E-state index contributed by atoms with van der Waals surface area (Å²) in [5, 5.41) is 9.97. The summed E-state index contributed by atoms with van der Waals surface area (Å²) in [6.45, 7) is 2.00. The van der Waals surface area contributed by atoms with Crippen LogP contribution in [0.5, 0.6) is 0 Å². The molecule has 0 fully saturated rings. The van der Waals surface area contributed by atoms with E-state index < -0.39 is 0 Å². The second-order valence-corrected chi connectivity index (χ2v) is 4.37. The molecule has 2 nitrogen and oxygen atoms in total. The lowest BCUT2D eigenvalue weighted by Crippen LogP contribution is -2.13. The van der Waals surface area contributed by atoms with Crippen molar-refractivity contribution >= 4 is 22.7 Å². The summed E-state index contributed by atoms with van der Waals surface area (Å²) in [7, 11) is 0. The normalized spacial score (nSPS) is 16.3. The van der Waals surface area contributed by atoms with Gasteiger partial charge in [-0.1, -0.05) is 48.1 Å². The van der Waals surface area contributed by atoms with Crippen LogP contribution in [0.1, 0.15) is 17.5 Å². The maximum absolute atomic E-state index is 9.97. The number of rotatable bonds is 1. The van der Waals surface area contributed by atoms with E-state index in [9.17, 15) is 5.11 Å². The molecule has 1 aromatic carbocycles. The maximum atomic E-state index is 9.97. The van der Waals surface area contributed by atoms with Crippen LogP contribution in [-0.2, 0) is 0 Å². The molecule has 82 valence electrons. The average molecular weight is 231 g/mol. The van der Waals surface area contributed by atoms with Gasteiger partial charge in [-0.25, -0.2) is 0 Å². The Morgan fingerprint density at radius 3 is 2.81 bits per heavy atom. The minimum atomic E-state index is 0.139. The third kappa shape index (κ3) is 1.86. The number of thiocarbonyl (C=S) groups is 1. The molecule has 0 bridgehead atoms. The maximum Gasteiger partial charge on any atom is 0.139 e. The van der Waals surface area contributed by atoms with E-state index in [1.54, 1.807) is 0 Å². The first-order valence-corrected chi connectivity index (χ1v) is 5.50. The van der Waals surface area contributed by atoms with Crippen molar-refractivity contribution in [2.24, 2.45) is 5.73 Å². The zero-order chi connectivity index (χ0) is 11.7. The van der Waals surface area contributed by atoms with Crippen LogP contribution >= 0.6 is 12.2 Å². The van der Waals surface area contributed by atoms with Crippen LogP contribution in [-0.4, -0.2) is 9.97 Å². The molecule has 0 aliphatic heterocycles. The molecule has 0 unspecified atom stereocenters. The van der Waals surface area contributed by atoms with Gasteiger partial charge in [-0.05, 0) is 12.5 Å². The smallest absolute Gasteiger partial charge is 0.139 e. The Hall–Kier alpha value is -1.61. The van der Waals surface area contributed by atoms with Crippen molar-refractivity contribution in [2.45, 2.75) is 13.3 Å². The number of aryl methyl sites for hydroxylation is 1. The van der Waals surface area contributed by atoms with Crippen molar-refractivity contribution < 1.29 is 5.11 Å². The van der Waals surface area contributed by atoms with E-state index in [4.69, 9.17) is 18.0 Å². The minimum Gasteiger partial charge on any atom is -0.506 e. The molecule has 16 heavy (non-hydrogen) atoms. The van der Waals surface area contributed by atoms with E-state index in [1.807, 2.05) is 37.3 Å². The largest absolute Gasteiger partial charge is 0.506 e. The van der Waals surface area contributed by atoms with Crippen LogP contribution in [0, 0.1) is 6.92 Å². The highest BCUT2D eigenvalue weighted by Gasteiger charge is 2.18. The van der Waals surface area contributed by atoms with E-state index in [0.29, 0.717) is 22.6 Å². The highest BCUT2D eigenvalue weighted by molar-refractivity contribution is 7.80. The molecule has 3 N–H and O–H groups in total. The first-order chi connectivity index (χ1) is 7.59. The van der Waals surface area contributed by atoms with E-state index in [-0.39, 0.29) is 5.76 Å². The van der Waals surface area contributed by atoms with Gasteiger partial charge in [0.2, 0.25) is 0 Å². The monoisotopic (exact) mass is 231 g/mol. The van der Waals surface area contributed by atoms with Gasteiger partial charge in [0.15, 0.2) is 0 Å². The van der Waals surface area contributed by atoms with Crippen molar-refractivity contribution in [2.75, 3.05) is 0 Å². The Morgan fingerprint density at radius 2 is 2.12 bits per heavy atom. The summed E-state index contributed by atoms with van der Waals surface area (Å²) >= 11 is 5.08. The Kier molecular flexibility index (Phi) is 2.79. The number of nitrogens with two attached hydrogens (primary N) is 1. The average Bonchev–Trinajstić information content (AvgIpc) is 2.24. The Morgan fingerprint density at radius 1 is 1.38 bits per heavy atom. The summed E-state index contributed by atoms with van der Waals surface area (Å²) in [5.74, 6) is 0.139. The fourth-order valence-electron chi connectivity index (χ4n) is 1.78. The summed E-state index contributed by atoms with van der Waals surface area (Å²) in [5.41, 5.74) is 9.18. The third-order valence-electron chi connectivity index (χ3n) is 2.60. The van der Waals surface area contributed by atoms with Crippen molar-refractivity contribution in [3.05, 3.63) is 52.9 Å². The van der Waals surface area contributed by atoms with Gasteiger partial charge >= 0.3 is 0 Å². The zero-order valence-corrected chi connectivity index (χ0v) is 9.84. The van der Waals surface area contributed by atoms with Gasteiger partial charge < -0.3 is 10.8 Å². The van der Waals surface area contributed by atoms with Gasteiger partial charge in [-0.2, -0.15) is 0 Å². The van der Waals surface area contributed by atoms with E-state index in [1.165, 1.54) is 0 Å². The highest BCUT2D eigenvalue weighted by Crippen LogP contribution is 2.28. The first-order valence-electron chi connectivity index (χ1n) is 5.09. The van der Waals surface area contributed by atoms with Gasteiger partial charge in [0.05, 0.1) is 4.86 Å². The predicted octanol–water partition coefficient (Wildman–Crippen LogP) is 2.88. The Balaban J connectivity index is 2.58. The van der Waals surface area contributed by atoms with Crippen molar-refractivity contribution in [3.8, 4) is 0 Å². The highest BCUT2D eigenvalue weighted by atomic mass is 32.1. The zero-order valence-electron chi connectivity index (χ0n) is 9.03. The number of allylic oxidation sites excluding steroid dienone is 3. The third-order valence-corrected chi connectivity index (χ3v) is 2.96. The number of benzene rings is 1. The standard InChI is InChI=1S/C13H13NOS/c1-8-3-2-4-9(7-8)12-10(14)5-6-11(16)13(12)15/h2-5,7,15H,6,14H2,1H3. The van der Waals surface area contributed by atoms with Crippen LogP contribution < -0.4 is 5.73 Å². The molecule has 0 saturated heterocycles. The van der Waals surface area contributed by atoms with Gasteiger partial charge in [0.1, 0.15) is 5.76 Å². The lowest BCUT2D eigenvalue weighted by Gasteiger charge is -2.16. The number of hydrogen-bond donors (Lipinski definition) is 2. The molecular formula is C13H13NOS. The Labute approximate surface area is 100 Å². The summed E-state index contributed by atoms with van der Waals surface area (Å²) in [6.07, 6.45) is 2.39. The summed E-state index contributed by atoms with van der Waals surface area (Å²) < 4.78 is 0. The molecule has 0 heterocycles. The van der Waals surface area contributed by atoms with Crippen LogP contribution in [0.4, 0.5) is 0 Å². The quantitative estimate of drug-likeness (QED) is 0.730. The molecule has 2 rings (SSSR count). The Bertz CT molecular complexity index is 514. The lowest BCUT2D eigenvalue weighted by molar-refractivity contribution is 0.445. The SMILES string of the molecule is Cc1cccc(C2=C(O)C(=S)CC=C2N)c1. The number of aliphatic hydroxyl groups is 1. The summed E-state index contributed by atoms with van der Waals surface area (Å²) in [6, 6.07) is 7.85. The molecule has 1 aliphatic carbocycles. The molecular weight excluding hydrogens is 218 g/mol. The molecule has 3 heteroatoms. The fourth-order valence-corrected chi connectivity index (χ4v) is 1.97. The van der Waals surface area contributed by atoms with Crippen LogP contribution in [0.2, 0.25) is 0 Å². The van der Waals surface area contributed by atoms with Crippen LogP contribution in [0.15, 0.2) is 41.8 Å². The summed E-state index contributed by atoms with van der Waals surface area (Å²) in [4.78, 5) is 0.547. The molecule has 0 aromatic heterocycles. The molecule has 0 atom stereocenters. The predicted molar refractivity (Wildman–Crippen MR) is 70.2 cm³/mol. The second kappa shape index (κ2) is 4.10. The van der Waals surface area contributed by atoms with Gasteiger partial charge in [0.25, 0.3) is 0 Å². The molecule has 1 aliphatic rings. The number of aliphatic hydroxyl groups excluding tert-OH is 1. The van der Waals surface area contributed by atoms with Crippen molar-refractivity contribution in [3.63, 3.8) is 0 Å². The first kappa shape index (κ1) is 10.9. The van der Waals surface area contributed by atoms with Gasteiger partial charge in [-0.3, -0.25) is 0 Å². The molecule has 0 saturated carbocycles. The molecule has 0 radical (unpaired) electrons. The molecule has 0 spiro atoms. The topological polar surface area (TPSA) is 46.2 Å². The van der Waals surface area contributed by atoms with Crippen LogP contribution in [0.25, 0.3) is 5.57 Å². The van der Waals surface area contributed by atoms with E-state index in [2.05, 4.69) is 0 Å². The lowest BCUT2D eigenvalue weighted by atomic mass is 9.94. The second-order valence-electron chi connectivity index (χ2n) is 3.88.